The molecule has 1 fully saturated rings. The van der Waals surface area contributed by atoms with Crippen molar-refractivity contribution in [2.45, 2.75) is 18.9 Å². The lowest BCUT2D eigenvalue weighted by atomic mass is 10.1. The van der Waals surface area contributed by atoms with Crippen LogP contribution in [0.3, 0.4) is 0 Å². The van der Waals surface area contributed by atoms with Crippen LogP contribution in [0.2, 0.25) is 0 Å². The van der Waals surface area contributed by atoms with Crippen LogP contribution in [0.1, 0.15) is 23.9 Å². The topological polar surface area (TPSA) is 91.5 Å². The van der Waals surface area contributed by atoms with E-state index in [1.54, 1.807) is 4.52 Å². The Kier molecular flexibility index (Phi) is 2.79. The molecular formula is C12H13N5O2S. The minimum absolute atomic E-state index is 0.274. The van der Waals surface area contributed by atoms with Crippen molar-refractivity contribution >= 4 is 16.3 Å². The fourth-order valence-electron chi connectivity index (χ4n) is 2.33. The summed E-state index contributed by atoms with van der Waals surface area (Å²) in [5.41, 5.74) is 5.55. The summed E-state index contributed by atoms with van der Waals surface area (Å²) in [6, 6.07) is 3.75. The molecule has 4 rings (SSSR count). The molecule has 7 nitrogen and oxygen atoms in total. The summed E-state index contributed by atoms with van der Waals surface area (Å²) in [6.07, 6.45) is 0.964. The lowest BCUT2D eigenvalue weighted by molar-refractivity contribution is 0.193. The maximum Gasteiger partial charge on any atom is 0.235 e. The average Bonchev–Trinajstić information content (AvgIpc) is 3.20. The minimum atomic E-state index is 0.274. The molecule has 1 saturated heterocycles. The monoisotopic (exact) mass is 291 g/mol. The smallest absolute Gasteiger partial charge is 0.235 e. The molecule has 0 radical (unpaired) electrons. The Bertz CT molecular complexity index is 740. The van der Waals surface area contributed by atoms with Gasteiger partial charge in [0.2, 0.25) is 4.96 Å². The van der Waals surface area contributed by atoms with Crippen molar-refractivity contribution in [1.29, 1.82) is 0 Å². The van der Waals surface area contributed by atoms with Crippen molar-refractivity contribution < 1.29 is 9.15 Å². The van der Waals surface area contributed by atoms with E-state index in [4.69, 9.17) is 14.9 Å². The van der Waals surface area contributed by atoms with E-state index in [1.807, 2.05) is 12.1 Å². The van der Waals surface area contributed by atoms with Gasteiger partial charge in [-0.1, -0.05) is 11.3 Å². The first-order valence-electron chi connectivity index (χ1n) is 6.44. The molecule has 4 heterocycles. The Morgan fingerprint density at radius 1 is 1.40 bits per heavy atom. The highest BCUT2D eigenvalue weighted by molar-refractivity contribution is 7.19. The predicted molar refractivity (Wildman–Crippen MR) is 72.4 cm³/mol. The maximum atomic E-state index is 5.62. The van der Waals surface area contributed by atoms with Gasteiger partial charge in [-0.05, 0) is 18.6 Å². The van der Waals surface area contributed by atoms with Crippen LogP contribution in [-0.2, 0) is 11.3 Å². The quantitative estimate of drug-likeness (QED) is 0.784. The van der Waals surface area contributed by atoms with E-state index >= 15 is 0 Å². The van der Waals surface area contributed by atoms with Crippen LogP contribution in [-0.4, -0.2) is 33.0 Å². The molecule has 0 aromatic carbocycles. The van der Waals surface area contributed by atoms with E-state index in [9.17, 15) is 0 Å². The molecule has 0 saturated carbocycles. The average molecular weight is 291 g/mol. The van der Waals surface area contributed by atoms with E-state index in [2.05, 4.69) is 15.3 Å². The molecular weight excluding hydrogens is 278 g/mol. The van der Waals surface area contributed by atoms with E-state index < -0.39 is 0 Å². The Hall–Kier alpha value is -1.77. The van der Waals surface area contributed by atoms with Crippen molar-refractivity contribution in [2.75, 3.05) is 13.2 Å². The SMILES string of the molecule is NCc1ccc(-c2nn3c(C4CCOC4)nnc3s2)o1. The molecule has 1 unspecified atom stereocenters. The Morgan fingerprint density at radius 3 is 3.10 bits per heavy atom. The highest BCUT2D eigenvalue weighted by Gasteiger charge is 2.25. The molecule has 1 aliphatic rings. The van der Waals surface area contributed by atoms with Crippen LogP contribution in [0.5, 0.6) is 0 Å². The fraction of sp³-hybridized carbons (Fsp3) is 0.417. The number of hydrogen-bond donors (Lipinski definition) is 1. The zero-order valence-corrected chi connectivity index (χ0v) is 11.5. The lowest BCUT2D eigenvalue weighted by Crippen LogP contribution is -2.04. The second-order valence-corrected chi connectivity index (χ2v) is 5.65. The van der Waals surface area contributed by atoms with Gasteiger partial charge in [0.25, 0.3) is 0 Å². The number of fused-ring (bicyclic) bond motifs is 1. The zero-order valence-electron chi connectivity index (χ0n) is 10.7. The molecule has 8 heteroatoms. The van der Waals surface area contributed by atoms with Crippen LogP contribution in [0.4, 0.5) is 0 Å². The number of rotatable bonds is 3. The van der Waals surface area contributed by atoms with Gasteiger partial charge in [0.15, 0.2) is 16.6 Å². The highest BCUT2D eigenvalue weighted by atomic mass is 32.1. The molecule has 0 bridgehead atoms. The Balaban J connectivity index is 1.75. The van der Waals surface area contributed by atoms with Crippen LogP contribution in [0.25, 0.3) is 15.7 Å². The summed E-state index contributed by atoms with van der Waals surface area (Å²) in [5.74, 6) is 2.60. The minimum Gasteiger partial charge on any atom is -0.457 e. The number of aromatic nitrogens is 4. The fourth-order valence-corrected chi connectivity index (χ4v) is 3.14. The van der Waals surface area contributed by atoms with E-state index in [-0.39, 0.29) is 5.92 Å². The summed E-state index contributed by atoms with van der Waals surface area (Å²) in [6.45, 7) is 1.84. The molecule has 1 atom stereocenters. The van der Waals surface area contributed by atoms with Crippen molar-refractivity contribution in [1.82, 2.24) is 19.8 Å². The van der Waals surface area contributed by atoms with Crippen LogP contribution in [0, 0.1) is 0 Å². The van der Waals surface area contributed by atoms with Gasteiger partial charge in [0.05, 0.1) is 13.2 Å². The second-order valence-electron chi connectivity index (χ2n) is 4.69. The van der Waals surface area contributed by atoms with E-state index in [1.165, 1.54) is 11.3 Å². The van der Waals surface area contributed by atoms with Gasteiger partial charge in [-0.2, -0.15) is 4.52 Å². The summed E-state index contributed by atoms with van der Waals surface area (Å²) in [7, 11) is 0. The number of nitrogens with two attached hydrogens (primary N) is 1. The maximum absolute atomic E-state index is 5.62. The highest BCUT2D eigenvalue weighted by Crippen LogP contribution is 2.30. The number of nitrogens with zero attached hydrogens (tertiary/aromatic N) is 4. The Labute approximate surface area is 118 Å². The third-order valence-electron chi connectivity index (χ3n) is 3.38. The summed E-state index contributed by atoms with van der Waals surface area (Å²) in [4.78, 5) is 0.771. The molecule has 0 spiro atoms. The van der Waals surface area contributed by atoms with E-state index in [0.29, 0.717) is 13.2 Å². The zero-order chi connectivity index (χ0) is 13.5. The molecule has 2 N–H and O–H groups in total. The number of hydrogen-bond acceptors (Lipinski definition) is 7. The molecule has 3 aromatic heterocycles. The van der Waals surface area contributed by atoms with Gasteiger partial charge in [-0.3, -0.25) is 0 Å². The summed E-state index contributed by atoms with van der Waals surface area (Å²) >= 11 is 1.46. The van der Waals surface area contributed by atoms with Crippen LogP contribution >= 0.6 is 11.3 Å². The first-order valence-corrected chi connectivity index (χ1v) is 7.26. The van der Waals surface area contributed by atoms with E-state index in [0.717, 1.165) is 40.3 Å². The standard InChI is InChI=1S/C12H13N5O2S/c13-5-8-1-2-9(19-8)11-16-17-10(7-3-4-18-6-7)14-15-12(17)20-11/h1-2,7H,3-6,13H2. The molecule has 0 amide bonds. The van der Waals surface area contributed by atoms with Gasteiger partial charge in [-0.15, -0.1) is 15.3 Å². The molecule has 0 aliphatic carbocycles. The summed E-state index contributed by atoms with van der Waals surface area (Å²) in [5, 5.41) is 13.7. The van der Waals surface area contributed by atoms with Crippen molar-refractivity contribution in [3.05, 3.63) is 23.7 Å². The lowest BCUT2D eigenvalue weighted by Gasteiger charge is -2.01. The largest absolute Gasteiger partial charge is 0.457 e. The molecule has 104 valence electrons. The van der Waals surface area contributed by atoms with Gasteiger partial charge in [0.1, 0.15) is 5.76 Å². The first kappa shape index (κ1) is 12.0. The van der Waals surface area contributed by atoms with Gasteiger partial charge in [0, 0.05) is 12.5 Å². The van der Waals surface area contributed by atoms with Gasteiger partial charge in [-0.25, -0.2) is 0 Å². The predicted octanol–water partition coefficient (Wildman–Crippen LogP) is 1.41. The van der Waals surface area contributed by atoms with Crippen molar-refractivity contribution in [2.24, 2.45) is 5.73 Å². The van der Waals surface area contributed by atoms with Crippen molar-refractivity contribution in [3.63, 3.8) is 0 Å². The number of furan rings is 1. The second kappa shape index (κ2) is 4.65. The molecule has 20 heavy (non-hydrogen) atoms. The first-order chi connectivity index (χ1) is 9.85. The summed E-state index contributed by atoms with van der Waals surface area (Å²) < 4.78 is 12.8. The van der Waals surface area contributed by atoms with Gasteiger partial charge >= 0.3 is 0 Å². The normalized spacial score (nSPS) is 19.1. The van der Waals surface area contributed by atoms with Gasteiger partial charge < -0.3 is 14.9 Å². The number of ether oxygens (including phenoxy) is 1. The van der Waals surface area contributed by atoms with Crippen LogP contribution in [0.15, 0.2) is 16.5 Å². The third kappa shape index (κ3) is 1.84. The molecule has 3 aromatic rings. The molecule has 1 aliphatic heterocycles. The van der Waals surface area contributed by atoms with Crippen LogP contribution < -0.4 is 5.73 Å². The Morgan fingerprint density at radius 2 is 2.35 bits per heavy atom. The third-order valence-corrected chi connectivity index (χ3v) is 4.30. The van der Waals surface area contributed by atoms with Crippen molar-refractivity contribution in [3.8, 4) is 10.8 Å².